The summed E-state index contributed by atoms with van der Waals surface area (Å²) < 4.78 is 1.07. The van der Waals surface area contributed by atoms with E-state index in [-0.39, 0.29) is 0 Å². The molecule has 0 saturated heterocycles. The van der Waals surface area contributed by atoms with Crippen molar-refractivity contribution in [2.45, 2.75) is 19.9 Å². The highest BCUT2D eigenvalue weighted by molar-refractivity contribution is 9.10. The van der Waals surface area contributed by atoms with E-state index < -0.39 is 0 Å². The maximum Gasteiger partial charge on any atom is 0.155 e. The van der Waals surface area contributed by atoms with Gasteiger partial charge in [-0.2, -0.15) is 5.10 Å². The van der Waals surface area contributed by atoms with E-state index in [0.29, 0.717) is 6.04 Å². The van der Waals surface area contributed by atoms with E-state index in [1.54, 1.807) is 0 Å². The first-order valence-electron chi connectivity index (χ1n) is 4.57. The zero-order chi connectivity index (χ0) is 10.1. The predicted octanol–water partition coefficient (Wildman–Crippen LogP) is 3.15. The van der Waals surface area contributed by atoms with Gasteiger partial charge in [-0.3, -0.25) is 5.10 Å². The molecule has 0 bridgehead atoms. The van der Waals surface area contributed by atoms with Crippen molar-refractivity contribution in [3.63, 3.8) is 0 Å². The second kappa shape index (κ2) is 3.61. The Kier molecular flexibility index (Phi) is 2.46. The highest BCUT2D eigenvalue weighted by Crippen LogP contribution is 2.24. The molecule has 1 heterocycles. The Morgan fingerprint density at radius 3 is 2.93 bits per heavy atom. The van der Waals surface area contributed by atoms with Crippen molar-refractivity contribution in [3.05, 3.63) is 22.7 Å². The summed E-state index contributed by atoms with van der Waals surface area (Å²) in [6.45, 7) is 4.19. The molecule has 2 aromatic rings. The number of halogens is 1. The average Bonchev–Trinajstić information content (AvgIpc) is 2.47. The number of hydrogen-bond acceptors (Lipinski definition) is 2. The van der Waals surface area contributed by atoms with E-state index in [0.717, 1.165) is 21.2 Å². The SMILES string of the molecule is CC(C)Nc1n[nH]c2ccc(Br)cc12. The molecular weight excluding hydrogens is 242 g/mol. The molecule has 1 aromatic heterocycles. The van der Waals surface area contributed by atoms with Gasteiger partial charge in [0.05, 0.1) is 5.52 Å². The lowest BCUT2D eigenvalue weighted by atomic mass is 10.2. The fourth-order valence-corrected chi connectivity index (χ4v) is 1.73. The van der Waals surface area contributed by atoms with Crippen molar-refractivity contribution in [1.82, 2.24) is 10.2 Å². The predicted molar refractivity (Wildman–Crippen MR) is 62.6 cm³/mol. The smallest absolute Gasteiger partial charge is 0.155 e. The van der Waals surface area contributed by atoms with Crippen LogP contribution < -0.4 is 5.32 Å². The standard InChI is InChI=1S/C10H12BrN3/c1-6(2)12-10-8-5-7(11)3-4-9(8)13-14-10/h3-6H,1-2H3,(H2,12,13,14). The normalized spacial score (nSPS) is 11.1. The summed E-state index contributed by atoms with van der Waals surface area (Å²) in [6, 6.07) is 6.46. The molecule has 74 valence electrons. The molecule has 3 nitrogen and oxygen atoms in total. The van der Waals surface area contributed by atoms with Gasteiger partial charge in [-0.05, 0) is 32.0 Å². The van der Waals surface area contributed by atoms with Crippen LogP contribution >= 0.6 is 15.9 Å². The third kappa shape index (κ3) is 1.75. The lowest BCUT2D eigenvalue weighted by Gasteiger charge is -2.06. The Hall–Kier alpha value is -1.03. The van der Waals surface area contributed by atoms with Gasteiger partial charge in [0, 0.05) is 15.9 Å². The van der Waals surface area contributed by atoms with Crippen LogP contribution in [-0.2, 0) is 0 Å². The fourth-order valence-electron chi connectivity index (χ4n) is 1.37. The van der Waals surface area contributed by atoms with Gasteiger partial charge in [-0.15, -0.1) is 0 Å². The maximum absolute atomic E-state index is 4.22. The van der Waals surface area contributed by atoms with Crippen LogP contribution in [0, 0.1) is 0 Å². The van der Waals surface area contributed by atoms with E-state index in [4.69, 9.17) is 0 Å². The van der Waals surface area contributed by atoms with Crippen molar-refractivity contribution in [2.75, 3.05) is 5.32 Å². The Balaban J connectivity index is 2.50. The van der Waals surface area contributed by atoms with Crippen molar-refractivity contribution in [2.24, 2.45) is 0 Å². The molecule has 0 aliphatic heterocycles. The molecule has 2 N–H and O–H groups in total. The second-order valence-electron chi connectivity index (χ2n) is 3.56. The molecule has 0 amide bonds. The van der Waals surface area contributed by atoms with Gasteiger partial charge < -0.3 is 5.32 Å². The number of H-pyrrole nitrogens is 1. The molecule has 0 atom stereocenters. The molecule has 14 heavy (non-hydrogen) atoms. The molecule has 0 unspecified atom stereocenters. The minimum absolute atomic E-state index is 0.389. The molecular formula is C10H12BrN3. The van der Waals surface area contributed by atoms with Crippen LogP contribution in [-0.4, -0.2) is 16.2 Å². The summed E-state index contributed by atoms with van der Waals surface area (Å²) in [7, 11) is 0. The van der Waals surface area contributed by atoms with Crippen LogP contribution in [0.3, 0.4) is 0 Å². The lowest BCUT2D eigenvalue weighted by molar-refractivity contribution is 0.886. The van der Waals surface area contributed by atoms with Crippen molar-refractivity contribution in [1.29, 1.82) is 0 Å². The van der Waals surface area contributed by atoms with Crippen molar-refractivity contribution in [3.8, 4) is 0 Å². The first kappa shape index (κ1) is 9.52. The number of rotatable bonds is 2. The van der Waals surface area contributed by atoms with Gasteiger partial charge in [0.15, 0.2) is 5.82 Å². The number of benzene rings is 1. The molecule has 0 spiro atoms. The zero-order valence-electron chi connectivity index (χ0n) is 8.13. The molecule has 0 fully saturated rings. The van der Waals surface area contributed by atoms with Crippen LogP contribution in [0.15, 0.2) is 22.7 Å². The third-order valence-corrected chi connectivity index (χ3v) is 2.44. The fraction of sp³-hybridized carbons (Fsp3) is 0.300. The first-order valence-corrected chi connectivity index (χ1v) is 5.36. The van der Waals surface area contributed by atoms with Crippen molar-refractivity contribution < 1.29 is 0 Å². The van der Waals surface area contributed by atoms with Gasteiger partial charge in [0.2, 0.25) is 0 Å². The number of anilines is 1. The molecule has 1 aromatic carbocycles. The van der Waals surface area contributed by atoms with Crippen LogP contribution in [0.5, 0.6) is 0 Å². The summed E-state index contributed by atoms with van der Waals surface area (Å²) in [5, 5.41) is 11.6. The summed E-state index contributed by atoms with van der Waals surface area (Å²) in [6.07, 6.45) is 0. The highest BCUT2D eigenvalue weighted by atomic mass is 79.9. The number of nitrogens with zero attached hydrogens (tertiary/aromatic N) is 1. The topological polar surface area (TPSA) is 40.7 Å². The quantitative estimate of drug-likeness (QED) is 0.864. The van der Waals surface area contributed by atoms with E-state index in [9.17, 15) is 0 Å². The minimum Gasteiger partial charge on any atom is -0.366 e. The first-order chi connectivity index (χ1) is 6.66. The number of aromatic nitrogens is 2. The van der Waals surface area contributed by atoms with Crippen LogP contribution in [0.2, 0.25) is 0 Å². The molecule has 0 aliphatic rings. The van der Waals surface area contributed by atoms with Gasteiger partial charge in [-0.1, -0.05) is 15.9 Å². The average molecular weight is 254 g/mol. The Labute approximate surface area is 91.0 Å². The molecule has 2 rings (SSSR count). The van der Waals surface area contributed by atoms with E-state index >= 15 is 0 Å². The van der Waals surface area contributed by atoms with E-state index in [2.05, 4.69) is 51.4 Å². The number of hydrogen-bond donors (Lipinski definition) is 2. The van der Waals surface area contributed by atoms with Crippen LogP contribution in [0.25, 0.3) is 10.9 Å². The van der Waals surface area contributed by atoms with Crippen LogP contribution in [0.1, 0.15) is 13.8 Å². The minimum atomic E-state index is 0.389. The monoisotopic (exact) mass is 253 g/mol. The summed E-state index contributed by atoms with van der Waals surface area (Å²) in [5.41, 5.74) is 1.05. The zero-order valence-corrected chi connectivity index (χ0v) is 9.72. The maximum atomic E-state index is 4.22. The Morgan fingerprint density at radius 2 is 2.21 bits per heavy atom. The van der Waals surface area contributed by atoms with Crippen LogP contribution in [0.4, 0.5) is 5.82 Å². The van der Waals surface area contributed by atoms with Gasteiger partial charge in [-0.25, -0.2) is 0 Å². The molecule has 0 radical (unpaired) electrons. The molecule has 0 saturated carbocycles. The number of fused-ring (bicyclic) bond motifs is 1. The summed E-state index contributed by atoms with van der Waals surface area (Å²) in [4.78, 5) is 0. The van der Waals surface area contributed by atoms with Gasteiger partial charge >= 0.3 is 0 Å². The number of aromatic amines is 1. The lowest BCUT2D eigenvalue weighted by Crippen LogP contribution is -2.09. The molecule has 4 heteroatoms. The highest BCUT2D eigenvalue weighted by Gasteiger charge is 2.06. The van der Waals surface area contributed by atoms with E-state index in [1.807, 2.05) is 12.1 Å². The largest absolute Gasteiger partial charge is 0.366 e. The van der Waals surface area contributed by atoms with Gasteiger partial charge in [0.25, 0.3) is 0 Å². The number of nitrogens with one attached hydrogen (secondary N) is 2. The van der Waals surface area contributed by atoms with Gasteiger partial charge in [0.1, 0.15) is 0 Å². The van der Waals surface area contributed by atoms with Crippen molar-refractivity contribution >= 4 is 32.7 Å². The summed E-state index contributed by atoms with van der Waals surface area (Å²) in [5.74, 6) is 0.913. The van der Waals surface area contributed by atoms with E-state index in [1.165, 1.54) is 0 Å². The Morgan fingerprint density at radius 1 is 1.43 bits per heavy atom. The third-order valence-electron chi connectivity index (χ3n) is 1.95. The second-order valence-corrected chi connectivity index (χ2v) is 4.48. The Bertz CT molecular complexity index is 448. The molecule has 0 aliphatic carbocycles. The summed E-state index contributed by atoms with van der Waals surface area (Å²) >= 11 is 3.45.